The Hall–Kier alpha value is -1.42. The summed E-state index contributed by atoms with van der Waals surface area (Å²) in [5, 5.41) is 12.1. The van der Waals surface area contributed by atoms with E-state index in [1.165, 1.54) is 6.07 Å². The van der Waals surface area contributed by atoms with Gasteiger partial charge in [-0.3, -0.25) is 10.1 Å². The zero-order chi connectivity index (χ0) is 13.5. The molecule has 0 heterocycles. The molecule has 0 bridgehead atoms. The second-order valence-corrected chi connectivity index (χ2v) is 4.44. The molecule has 0 spiro atoms. The second kappa shape index (κ2) is 7.11. The number of carboxylic acid groups (broad SMARTS) is 1. The Labute approximate surface area is 107 Å². The summed E-state index contributed by atoms with van der Waals surface area (Å²) < 4.78 is 13.6. The first-order chi connectivity index (χ1) is 8.56. The molecule has 4 heteroatoms. The van der Waals surface area contributed by atoms with Crippen molar-refractivity contribution >= 4 is 5.97 Å². The molecule has 0 saturated carbocycles. The Balaban J connectivity index is 2.69. The van der Waals surface area contributed by atoms with E-state index in [-0.39, 0.29) is 11.9 Å². The lowest BCUT2D eigenvalue weighted by atomic mass is 10.0. The average molecular weight is 253 g/mol. The van der Waals surface area contributed by atoms with Crippen molar-refractivity contribution in [3.05, 3.63) is 35.6 Å². The number of hydrogen-bond donors (Lipinski definition) is 2. The fourth-order valence-corrected chi connectivity index (χ4v) is 1.90. The predicted molar refractivity (Wildman–Crippen MR) is 68.9 cm³/mol. The predicted octanol–water partition coefficient (Wildman–Crippen LogP) is 3.12. The van der Waals surface area contributed by atoms with Gasteiger partial charge in [0.25, 0.3) is 0 Å². The van der Waals surface area contributed by atoms with Crippen LogP contribution in [0.15, 0.2) is 24.3 Å². The van der Waals surface area contributed by atoms with Crippen molar-refractivity contribution in [2.24, 2.45) is 0 Å². The van der Waals surface area contributed by atoms with Gasteiger partial charge in [0.15, 0.2) is 0 Å². The number of nitrogens with one attached hydrogen (secondary N) is 1. The molecule has 0 saturated heterocycles. The highest BCUT2D eigenvalue weighted by Gasteiger charge is 2.20. The van der Waals surface area contributed by atoms with Crippen LogP contribution in [0.25, 0.3) is 0 Å². The molecule has 1 unspecified atom stereocenters. The topological polar surface area (TPSA) is 49.3 Å². The molecule has 1 aromatic carbocycles. The number of hydrogen-bond acceptors (Lipinski definition) is 2. The lowest BCUT2D eigenvalue weighted by Gasteiger charge is -2.20. The quantitative estimate of drug-likeness (QED) is 0.785. The minimum Gasteiger partial charge on any atom is -0.480 e. The first-order valence-corrected chi connectivity index (χ1v) is 6.29. The number of benzene rings is 1. The van der Waals surface area contributed by atoms with Gasteiger partial charge in [0.2, 0.25) is 0 Å². The van der Waals surface area contributed by atoms with Gasteiger partial charge in [-0.1, -0.05) is 38.0 Å². The first kappa shape index (κ1) is 14.6. The highest BCUT2D eigenvalue weighted by Crippen LogP contribution is 2.17. The van der Waals surface area contributed by atoms with Crippen molar-refractivity contribution < 1.29 is 14.3 Å². The molecule has 18 heavy (non-hydrogen) atoms. The van der Waals surface area contributed by atoms with Crippen molar-refractivity contribution in [2.45, 2.75) is 45.2 Å². The van der Waals surface area contributed by atoms with Crippen molar-refractivity contribution in [2.75, 3.05) is 0 Å². The monoisotopic (exact) mass is 253 g/mol. The van der Waals surface area contributed by atoms with Gasteiger partial charge in [0.05, 0.1) is 0 Å². The van der Waals surface area contributed by atoms with E-state index in [9.17, 15) is 9.18 Å². The van der Waals surface area contributed by atoms with Gasteiger partial charge in [0, 0.05) is 11.6 Å². The van der Waals surface area contributed by atoms with Gasteiger partial charge < -0.3 is 5.11 Å². The minimum atomic E-state index is -0.883. The van der Waals surface area contributed by atoms with Crippen molar-refractivity contribution in [3.63, 3.8) is 0 Å². The van der Waals surface area contributed by atoms with Crippen LogP contribution in [0.3, 0.4) is 0 Å². The number of carbonyl (C=O) groups is 1. The Morgan fingerprint density at radius 2 is 2.11 bits per heavy atom. The molecule has 1 aromatic rings. The van der Waals surface area contributed by atoms with Crippen LogP contribution in [-0.2, 0) is 4.79 Å². The maximum atomic E-state index is 13.6. The molecule has 100 valence electrons. The van der Waals surface area contributed by atoms with Crippen LogP contribution in [0, 0.1) is 5.82 Å². The maximum Gasteiger partial charge on any atom is 0.320 e. The fourth-order valence-electron chi connectivity index (χ4n) is 1.90. The molecule has 3 nitrogen and oxygen atoms in total. The van der Waals surface area contributed by atoms with Crippen LogP contribution in [-0.4, -0.2) is 17.1 Å². The van der Waals surface area contributed by atoms with Gasteiger partial charge >= 0.3 is 5.97 Å². The van der Waals surface area contributed by atoms with Gasteiger partial charge in [-0.2, -0.15) is 0 Å². The van der Waals surface area contributed by atoms with E-state index < -0.39 is 12.0 Å². The summed E-state index contributed by atoms with van der Waals surface area (Å²) in [4.78, 5) is 11.1. The number of halogens is 1. The Bertz CT molecular complexity index is 395. The van der Waals surface area contributed by atoms with E-state index in [2.05, 4.69) is 5.32 Å². The Morgan fingerprint density at radius 1 is 1.44 bits per heavy atom. The lowest BCUT2D eigenvalue weighted by Crippen LogP contribution is -2.38. The van der Waals surface area contributed by atoms with Crippen LogP contribution in [0.4, 0.5) is 4.39 Å². The van der Waals surface area contributed by atoms with Crippen LogP contribution in [0.5, 0.6) is 0 Å². The molecule has 0 aliphatic heterocycles. The summed E-state index contributed by atoms with van der Waals surface area (Å²) in [6.07, 6.45) is 2.35. The van der Waals surface area contributed by atoms with E-state index in [1.807, 2.05) is 6.92 Å². The van der Waals surface area contributed by atoms with Crippen LogP contribution >= 0.6 is 0 Å². The first-order valence-electron chi connectivity index (χ1n) is 6.29. The van der Waals surface area contributed by atoms with Gasteiger partial charge in [-0.15, -0.1) is 0 Å². The summed E-state index contributed by atoms with van der Waals surface area (Å²) in [6, 6.07) is 5.49. The normalized spacial score (nSPS) is 14.2. The summed E-state index contributed by atoms with van der Waals surface area (Å²) in [6.45, 7) is 3.79. The maximum absolute atomic E-state index is 13.6. The highest BCUT2D eigenvalue weighted by molar-refractivity contribution is 5.73. The molecular formula is C14H20FNO2. The third-order valence-corrected chi connectivity index (χ3v) is 2.97. The molecule has 0 fully saturated rings. The zero-order valence-corrected chi connectivity index (χ0v) is 10.8. The Morgan fingerprint density at radius 3 is 2.67 bits per heavy atom. The zero-order valence-electron chi connectivity index (χ0n) is 10.8. The molecule has 2 N–H and O–H groups in total. The van der Waals surface area contributed by atoms with Crippen molar-refractivity contribution in [1.82, 2.24) is 5.32 Å². The third-order valence-electron chi connectivity index (χ3n) is 2.97. The number of unbranched alkanes of at least 4 members (excludes halogenated alkanes) is 1. The fraction of sp³-hybridized carbons (Fsp3) is 0.500. The third kappa shape index (κ3) is 4.11. The second-order valence-electron chi connectivity index (χ2n) is 4.44. The van der Waals surface area contributed by atoms with Gasteiger partial charge in [-0.05, 0) is 19.4 Å². The molecular weight excluding hydrogens is 233 g/mol. The van der Waals surface area contributed by atoms with Crippen LogP contribution in [0.1, 0.15) is 44.7 Å². The van der Waals surface area contributed by atoms with E-state index >= 15 is 0 Å². The lowest BCUT2D eigenvalue weighted by molar-refractivity contribution is -0.139. The van der Waals surface area contributed by atoms with E-state index in [0.29, 0.717) is 12.0 Å². The van der Waals surface area contributed by atoms with Gasteiger partial charge in [-0.25, -0.2) is 4.39 Å². The molecule has 0 radical (unpaired) electrons. The van der Waals surface area contributed by atoms with Crippen LogP contribution in [0.2, 0.25) is 0 Å². The molecule has 0 aliphatic rings. The van der Waals surface area contributed by atoms with E-state index in [1.54, 1.807) is 25.1 Å². The number of aliphatic carboxylic acids is 1. The molecule has 2 atom stereocenters. The van der Waals surface area contributed by atoms with Crippen molar-refractivity contribution in [3.8, 4) is 0 Å². The minimum absolute atomic E-state index is 0.308. The molecule has 1 rings (SSSR count). The summed E-state index contributed by atoms with van der Waals surface area (Å²) >= 11 is 0. The molecule has 0 amide bonds. The number of carboxylic acids is 1. The largest absolute Gasteiger partial charge is 0.480 e. The summed E-state index contributed by atoms with van der Waals surface area (Å²) in [7, 11) is 0. The smallest absolute Gasteiger partial charge is 0.320 e. The summed E-state index contributed by atoms with van der Waals surface area (Å²) in [5.74, 6) is -1.19. The Kier molecular flexibility index (Phi) is 5.78. The highest BCUT2D eigenvalue weighted by atomic mass is 19.1. The van der Waals surface area contributed by atoms with E-state index in [0.717, 1.165) is 12.8 Å². The summed E-state index contributed by atoms with van der Waals surface area (Å²) in [5.41, 5.74) is 0.500. The molecule has 0 aromatic heterocycles. The average Bonchev–Trinajstić information content (AvgIpc) is 2.34. The van der Waals surface area contributed by atoms with Crippen LogP contribution < -0.4 is 5.32 Å². The van der Waals surface area contributed by atoms with Gasteiger partial charge in [0.1, 0.15) is 11.9 Å². The SMILES string of the molecule is CCCCC(N[C@H](C)c1ccccc1F)C(=O)O. The van der Waals surface area contributed by atoms with E-state index in [4.69, 9.17) is 5.11 Å². The number of rotatable bonds is 7. The molecule has 0 aliphatic carbocycles. The van der Waals surface area contributed by atoms with Crippen molar-refractivity contribution in [1.29, 1.82) is 0 Å². The standard InChI is InChI=1S/C14H20FNO2/c1-3-4-9-13(14(17)18)16-10(2)11-7-5-6-8-12(11)15/h5-8,10,13,16H,3-4,9H2,1-2H3,(H,17,18)/t10-,13?/m1/s1.